The molecule has 3 unspecified atom stereocenters. The lowest BCUT2D eigenvalue weighted by atomic mass is 9.67. The smallest absolute Gasteiger partial charge is 0.167 e. The number of aryl methyl sites for hydroxylation is 1. The lowest BCUT2D eigenvalue weighted by molar-refractivity contribution is -0.126. The van der Waals surface area contributed by atoms with Crippen LogP contribution in [-0.4, -0.2) is 47.2 Å². The Hall–Kier alpha value is -3.41. The summed E-state index contributed by atoms with van der Waals surface area (Å²) in [5, 5.41) is 10.4. The van der Waals surface area contributed by atoms with E-state index < -0.39 is 24.0 Å². The van der Waals surface area contributed by atoms with Crippen LogP contribution in [0.15, 0.2) is 78.9 Å². The standard InChI is InChI=1S/C29H29NO4/c1-19-10-9-15-23(20(19)2)27-24(28(33)21-11-5-3-6-12-21)16-30(26(32)18-31)17-25(27)29(34)22-13-7-4-8-14-22/h3-15,18,24-27,32H,16-17H2,1-2H3. The van der Waals surface area contributed by atoms with Crippen LogP contribution in [0.3, 0.4) is 0 Å². The Morgan fingerprint density at radius 1 is 0.824 bits per heavy atom. The van der Waals surface area contributed by atoms with E-state index in [2.05, 4.69) is 0 Å². The van der Waals surface area contributed by atoms with E-state index in [0.29, 0.717) is 17.4 Å². The molecule has 1 N–H and O–H groups in total. The molecule has 0 aromatic heterocycles. The summed E-state index contributed by atoms with van der Waals surface area (Å²) >= 11 is 0. The molecule has 174 valence electrons. The lowest BCUT2D eigenvalue weighted by Gasteiger charge is -2.44. The van der Waals surface area contributed by atoms with Crippen LogP contribution in [0, 0.1) is 25.7 Å². The summed E-state index contributed by atoms with van der Waals surface area (Å²) in [6.45, 7) is 4.41. The number of benzene rings is 3. The molecule has 1 aliphatic rings. The van der Waals surface area contributed by atoms with Crippen LogP contribution in [-0.2, 0) is 4.79 Å². The largest absolute Gasteiger partial charge is 0.371 e. The summed E-state index contributed by atoms with van der Waals surface area (Å²) in [5.74, 6) is -1.80. The molecule has 0 saturated carbocycles. The van der Waals surface area contributed by atoms with Gasteiger partial charge in [0.2, 0.25) is 0 Å². The Morgan fingerprint density at radius 3 is 1.79 bits per heavy atom. The van der Waals surface area contributed by atoms with E-state index in [-0.39, 0.29) is 24.7 Å². The highest BCUT2D eigenvalue weighted by atomic mass is 16.3. The van der Waals surface area contributed by atoms with Gasteiger partial charge in [-0.1, -0.05) is 78.9 Å². The molecule has 1 saturated heterocycles. The van der Waals surface area contributed by atoms with Gasteiger partial charge in [-0.2, -0.15) is 0 Å². The fourth-order valence-electron chi connectivity index (χ4n) is 5.08. The summed E-state index contributed by atoms with van der Waals surface area (Å²) in [4.78, 5) is 40.7. The second-order valence-electron chi connectivity index (χ2n) is 8.99. The number of hydrogen-bond donors (Lipinski definition) is 1. The van der Waals surface area contributed by atoms with Crippen LogP contribution in [0.5, 0.6) is 0 Å². The number of aliphatic hydroxyl groups is 1. The van der Waals surface area contributed by atoms with Crippen LogP contribution in [0.4, 0.5) is 0 Å². The van der Waals surface area contributed by atoms with Gasteiger partial charge in [0.25, 0.3) is 0 Å². The van der Waals surface area contributed by atoms with Gasteiger partial charge in [0.05, 0.1) is 0 Å². The number of aldehydes is 1. The molecule has 4 rings (SSSR count). The topological polar surface area (TPSA) is 74.7 Å². The van der Waals surface area contributed by atoms with E-state index in [1.165, 1.54) is 0 Å². The number of rotatable bonds is 7. The number of likely N-dealkylation sites (tertiary alicyclic amines) is 1. The third-order valence-corrected chi connectivity index (χ3v) is 7.02. The minimum absolute atomic E-state index is 0.0971. The molecule has 0 amide bonds. The van der Waals surface area contributed by atoms with Crippen molar-refractivity contribution in [2.45, 2.75) is 26.0 Å². The highest BCUT2D eigenvalue weighted by Crippen LogP contribution is 2.42. The van der Waals surface area contributed by atoms with Crippen molar-refractivity contribution < 1.29 is 19.5 Å². The van der Waals surface area contributed by atoms with Gasteiger partial charge < -0.3 is 5.11 Å². The Bertz CT molecular complexity index is 1110. The second kappa shape index (κ2) is 10.2. The number of carbonyl (C=O) groups excluding carboxylic acids is 3. The van der Waals surface area contributed by atoms with E-state index in [0.717, 1.165) is 16.7 Å². The van der Waals surface area contributed by atoms with Gasteiger partial charge in [-0.3, -0.25) is 19.3 Å². The molecule has 1 aliphatic heterocycles. The molecule has 1 fully saturated rings. The van der Waals surface area contributed by atoms with Crippen molar-refractivity contribution in [3.8, 4) is 0 Å². The first kappa shape index (κ1) is 23.7. The lowest BCUT2D eigenvalue weighted by Crippen LogP contribution is -2.54. The van der Waals surface area contributed by atoms with Gasteiger partial charge in [0.1, 0.15) is 0 Å². The molecular formula is C29H29NO4. The molecule has 3 aromatic carbocycles. The first-order valence-electron chi connectivity index (χ1n) is 11.5. The molecule has 5 heteroatoms. The van der Waals surface area contributed by atoms with Crippen molar-refractivity contribution in [2.24, 2.45) is 11.8 Å². The summed E-state index contributed by atoms with van der Waals surface area (Å²) in [6, 6.07) is 24.0. The Morgan fingerprint density at radius 2 is 1.32 bits per heavy atom. The maximum absolute atomic E-state index is 13.8. The maximum Gasteiger partial charge on any atom is 0.167 e. The number of Topliss-reactive ketones (excluding diaryl/α,β-unsaturated/α-hetero) is 2. The van der Waals surface area contributed by atoms with E-state index >= 15 is 0 Å². The molecule has 5 nitrogen and oxygen atoms in total. The minimum atomic E-state index is -1.38. The molecular weight excluding hydrogens is 426 g/mol. The third kappa shape index (κ3) is 4.63. The van der Waals surface area contributed by atoms with Crippen LogP contribution in [0.25, 0.3) is 0 Å². The summed E-state index contributed by atoms with van der Waals surface area (Å²) in [6.07, 6.45) is -0.927. The number of aliphatic hydroxyl groups excluding tert-OH is 1. The van der Waals surface area contributed by atoms with Crippen molar-refractivity contribution in [1.29, 1.82) is 0 Å². The number of carbonyl (C=O) groups is 3. The van der Waals surface area contributed by atoms with Crippen LogP contribution in [0.1, 0.15) is 43.3 Å². The van der Waals surface area contributed by atoms with Gasteiger partial charge in [-0.15, -0.1) is 0 Å². The molecule has 0 aliphatic carbocycles. The molecule has 0 radical (unpaired) electrons. The highest BCUT2D eigenvalue weighted by Gasteiger charge is 2.46. The highest BCUT2D eigenvalue weighted by molar-refractivity contribution is 6.02. The molecule has 1 heterocycles. The van der Waals surface area contributed by atoms with Crippen molar-refractivity contribution in [1.82, 2.24) is 4.90 Å². The first-order valence-corrected chi connectivity index (χ1v) is 11.5. The Balaban J connectivity index is 1.88. The van der Waals surface area contributed by atoms with Crippen LogP contribution >= 0.6 is 0 Å². The fourth-order valence-corrected chi connectivity index (χ4v) is 5.08. The predicted octanol–water partition coefficient (Wildman–Crippen LogP) is 4.22. The quantitative estimate of drug-likeness (QED) is 0.427. The molecule has 34 heavy (non-hydrogen) atoms. The van der Waals surface area contributed by atoms with Crippen molar-refractivity contribution in [2.75, 3.05) is 13.1 Å². The van der Waals surface area contributed by atoms with Crippen LogP contribution in [0.2, 0.25) is 0 Å². The average Bonchev–Trinajstić information content (AvgIpc) is 2.89. The fraction of sp³-hybridized carbons (Fsp3) is 0.276. The van der Waals surface area contributed by atoms with Gasteiger partial charge in [-0.05, 0) is 30.5 Å². The second-order valence-corrected chi connectivity index (χ2v) is 8.99. The Kier molecular flexibility index (Phi) is 7.15. The van der Waals surface area contributed by atoms with E-state index in [9.17, 15) is 19.5 Å². The molecule has 0 bridgehead atoms. The SMILES string of the molecule is Cc1cccc(C2C(C(=O)c3ccccc3)CN(C(O)C=O)CC2C(=O)c2ccccc2)c1C. The number of nitrogens with zero attached hydrogens (tertiary/aromatic N) is 1. The van der Waals surface area contributed by atoms with E-state index in [4.69, 9.17) is 0 Å². The van der Waals surface area contributed by atoms with E-state index in [1.807, 2.05) is 68.4 Å². The van der Waals surface area contributed by atoms with Gasteiger partial charge in [0.15, 0.2) is 24.1 Å². The number of piperidine rings is 1. The number of ketones is 2. The monoisotopic (exact) mass is 455 g/mol. The molecule has 0 spiro atoms. The van der Waals surface area contributed by atoms with Crippen molar-refractivity contribution in [3.05, 3.63) is 107 Å². The Labute approximate surface area is 200 Å². The van der Waals surface area contributed by atoms with Gasteiger partial charge in [0, 0.05) is 42.0 Å². The van der Waals surface area contributed by atoms with E-state index in [1.54, 1.807) is 29.2 Å². The zero-order valence-electron chi connectivity index (χ0n) is 19.4. The third-order valence-electron chi connectivity index (χ3n) is 7.02. The summed E-state index contributed by atoms with van der Waals surface area (Å²) in [7, 11) is 0. The zero-order chi connectivity index (χ0) is 24.2. The minimum Gasteiger partial charge on any atom is -0.371 e. The average molecular weight is 456 g/mol. The van der Waals surface area contributed by atoms with Crippen molar-refractivity contribution >= 4 is 17.9 Å². The summed E-state index contributed by atoms with van der Waals surface area (Å²) < 4.78 is 0. The van der Waals surface area contributed by atoms with Gasteiger partial charge >= 0.3 is 0 Å². The summed E-state index contributed by atoms with van der Waals surface area (Å²) in [5.41, 5.74) is 4.20. The number of hydrogen-bond acceptors (Lipinski definition) is 5. The van der Waals surface area contributed by atoms with Crippen molar-refractivity contribution in [3.63, 3.8) is 0 Å². The molecule has 3 aromatic rings. The maximum atomic E-state index is 13.8. The normalized spacial score (nSPS) is 21.6. The predicted molar refractivity (Wildman–Crippen MR) is 131 cm³/mol. The van der Waals surface area contributed by atoms with Gasteiger partial charge in [-0.25, -0.2) is 0 Å². The zero-order valence-corrected chi connectivity index (χ0v) is 19.4. The first-order chi connectivity index (χ1) is 16.4. The molecule has 3 atom stereocenters. The van der Waals surface area contributed by atoms with Crippen LogP contribution < -0.4 is 0 Å².